The van der Waals surface area contributed by atoms with Crippen LogP contribution < -0.4 is 5.32 Å². The van der Waals surface area contributed by atoms with Crippen molar-refractivity contribution in [3.63, 3.8) is 0 Å². The maximum absolute atomic E-state index is 3.10. The van der Waals surface area contributed by atoms with Gasteiger partial charge in [0, 0.05) is 12.7 Å². The summed E-state index contributed by atoms with van der Waals surface area (Å²) in [6, 6.07) is 8.59. The molecule has 1 nitrogen and oxygen atoms in total. The zero-order chi connectivity index (χ0) is 11.3. The predicted octanol–water partition coefficient (Wildman–Crippen LogP) is 3.52. The molecule has 1 aromatic carbocycles. The summed E-state index contributed by atoms with van der Waals surface area (Å²) in [7, 11) is 1.93. The lowest BCUT2D eigenvalue weighted by atomic mass is 10.1. The van der Waals surface area contributed by atoms with Crippen molar-refractivity contribution in [1.82, 2.24) is 5.32 Å². The maximum atomic E-state index is 3.10. The van der Waals surface area contributed by atoms with Crippen molar-refractivity contribution in [2.75, 3.05) is 7.05 Å². The summed E-state index contributed by atoms with van der Waals surface area (Å²) in [6.45, 7) is 6.29. The fraction of sp³-hybridized carbons (Fsp3) is 0.286. The number of hydrogen-bond acceptors (Lipinski definition) is 1. The normalized spacial score (nSPS) is 12.8. The van der Waals surface area contributed by atoms with Gasteiger partial charge < -0.3 is 5.32 Å². The average Bonchev–Trinajstić information content (AvgIpc) is 2.26. The summed E-state index contributed by atoms with van der Waals surface area (Å²) < 4.78 is 0. The molecule has 0 unspecified atom stereocenters. The topological polar surface area (TPSA) is 12.0 Å². The minimum absolute atomic E-state index is 1.17. The molecule has 0 heterocycles. The molecule has 1 rings (SSSR count). The van der Waals surface area contributed by atoms with Gasteiger partial charge in [0.25, 0.3) is 0 Å². The van der Waals surface area contributed by atoms with E-state index in [1.165, 1.54) is 22.4 Å². The van der Waals surface area contributed by atoms with Crippen molar-refractivity contribution < 1.29 is 0 Å². The van der Waals surface area contributed by atoms with Crippen LogP contribution in [0.1, 0.15) is 25.0 Å². The Morgan fingerprint density at radius 2 is 1.67 bits per heavy atom. The highest BCUT2D eigenvalue weighted by molar-refractivity contribution is 5.65. The number of aryl methyl sites for hydroxylation is 1. The molecule has 0 bridgehead atoms. The van der Waals surface area contributed by atoms with Crippen molar-refractivity contribution >= 4 is 5.57 Å². The molecule has 0 radical (unpaired) electrons. The van der Waals surface area contributed by atoms with Gasteiger partial charge in [-0.15, -0.1) is 0 Å². The van der Waals surface area contributed by atoms with Gasteiger partial charge in [0.15, 0.2) is 0 Å². The zero-order valence-electron chi connectivity index (χ0n) is 9.96. The summed E-state index contributed by atoms with van der Waals surface area (Å²) in [5.74, 6) is 0. The molecule has 0 saturated heterocycles. The van der Waals surface area contributed by atoms with E-state index in [1.54, 1.807) is 0 Å². The van der Waals surface area contributed by atoms with Crippen molar-refractivity contribution in [3.8, 4) is 0 Å². The Balaban J connectivity index is 2.85. The first-order valence-corrected chi connectivity index (χ1v) is 5.23. The van der Waals surface area contributed by atoms with Crippen LogP contribution in [-0.2, 0) is 0 Å². The third kappa shape index (κ3) is 3.62. The molecular weight excluding hydrogens is 182 g/mol. The van der Waals surface area contributed by atoms with Crippen molar-refractivity contribution in [2.45, 2.75) is 20.8 Å². The number of nitrogens with one attached hydrogen (secondary N) is 1. The van der Waals surface area contributed by atoms with E-state index >= 15 is 0 Å². The van der Waals surface area contributed by atoms with E-state index in [0.29, 0.717) is 0 Å². The van der Waals surface area contributed by atoms with Crippen molar-refractivity contribution in [2.24, 2.45) is 0 Å². The molecule has 0 amide bonds. The molecule has 0 saturated carbocycles. The molecule has 0 fully saturated rings. The summed E-state index contributed by atoms with van der Waals surface area (Å²) in [4.78, 5) is 0. The van der Waals surface area contributed by atoms with E-state index in [0.717, 1.165) is 0 Å². The van der Waals surface area contributed by atoms with E-state index in [-0.39, 0.29) is 0 Å². The van der Waals surface area contributed by atoms with E-state index in [4.69, 9.17) is 0 Å². The van der Waals surface area contributed by atoms with Gasteiger partial charge in [0.1, 0.15) is 0 Å². The second-order valence-electron chi connectivity index (χ2n) is 3.82. The summed E-state index contributed by atoms with van der Waals surface area (Å²) in [6.07, 6.45) is 4.23. The molecule has 1 heteroatoms. The highest BCUT2D eigenvalue weighted by Crippen LogP contribution is 2.14. The van der Waals surface area contributed by atoms with Gasteiger partial charge in [-0.2, -0.15) is 0 Å². The third-order valence-corrected chi connectivity index (χ3v) is 2.48. The van der Waals surface area contributed by atoms with Crippen LogP contribution in [0.5, 0.6) is 0 Å². The summed E-state index contributed by atoms with van der Waals surface area (Å²) in [5, 5.41) is 3.10. The van der Waals surface area contributed by atoms with Gasteiger partial charge >= 0.3 is 0 Å². The number of hydrogen-bond donors (Lipinski definition) is 1. The van der Waals surface area contributed by atoms with Crippen LogP contribution in [0.25, 0.3) is 5.57 Å². The van der Waals surface area contributed by atoms with Crippen LogP contribution in [0.2, 0.25) is 0 Å². The lowest BCUT2D eigenvalue weighted by Gasteiger charge is -2.01. The van der Waals surface area contributed by atoms with E-state index < -0.39 is 0 Å². The van der Waals surface area contributed by atoms with Crippen LogP contribution in [0.4, 0.5) is 0 Å². The van der Waals surface area contributed by atoms with Crippen molar-refractivity contribution in [1.29, 1.82) is 0 Å². The fourth-order valence-electron chi connectivity index (χ4n) is 1.25. The minimum Gasteiger partial charge on any atom is -0.392 e. The Morgan fingerprint density at radius 3 is 2.20 bits per heavy atom. The monoisotopic (exact) mass is 201 g/mol. The lowest BCUT2D eigenvalue weighted by Crippen LogP contribution is -2.00. The Hall–Kier alpha value is -1.50. The molecular formula is C14H19N. The van der Waals surface area contributed by atoms with Gasteiger partial charge in [0.2, 0.25) is 0 Å². The van der Waals surface area contributed by atoms with Crippen LogP contribution in [0.3, 0.4) is 0 Å². The van der Waals surface area contributed by atoms with Gasteiger partial charge in [-0.1, -0.05) is 35.9 Å². The van der Waals surface area contributed by atoms with Gasteiger partial charge in [-0.3, -0.25) is 0 Å². The lowest BCUT2D eigenvalue weighted by molar-refractivity contribution is 0.990. The number of allylic oxidation sites excluding steroid dienone is 4. The Bertz CT molecular complexity index is 369. The molecule has 0 aliphatic rings. The first-order valence-electron chi connectivity index (χ1n) is 5.23. The first-order chi connectivity index (χ1) is 7.13. The Labute approximate surface area is 92.5 Å². The molecule has 0 aliphatic heterocycles. The third-order valence-electron chi connectivity index (χ3n) is 2.48. The highest BCUT2D eigenvalue weighted by Gasteiger charge is 1.93. The molecule has 0 aromatic heterocycles. The Kier molecular flexibility index (Phi) is 4.17. The largest absolute Gasteiger partial charge is 0.392 e. The summed E-state index contributed by atoms with van der Waals surface area (Å²) in [5.41, 5.74) is 5.03. The van der Waals surface area contributed by atoms with Crippen LogP contribution >= 0.6 is 0 Å². The number of rotatable bonds is 3. The Morgan fingerprint density at radius 1 is 1.07 bits per heavy atom. The predicted molar refractivity (Wildman–Crippen MR) is 67.6 cm³/mol. The maximum Gasteiger partial charge on any atom is 0.00725 e. The highest BCUT2D eigenvalue weighted by atomic mass is 14.8. The number of benzene rings is 1. The van der Waals surface area contributed by atoms with E-state index in [9.17, 15) is 0 Å². The average molecular weight is 201 g/mol. The van der Waals surface area contributed by atoms with Crippen LogP contribution in [0, 0.1) is 6.92 Å². The summed E-state index contributed by atoms with van der Waals surface area (Å²) >= 11 is 0. The molecule has 15 heavy (non-hydrogen) atoms. The second-order valence-corrected chi connectivity index (χ2v) is 3.82. The quantitative estimate of drug-likeness (QED) is 0.738. The molecule has 80 valence electrons. The van der Waals surface area contributed by atoms with E-state index in [2.05, 4.69) is 62.5 Å². The smallest absolute Gasteiger partial charge is 0.00725 e. The van der Waals surface area contributed by atoms with Gasteiger partial charge in [-0.25, -0.2) is 0 Å². The van der Waals surface area contributed by atoms with Gasteiger partial charge in [0.05, 0.1) is 0 Å². The minimum atomic E-state index is 1.17. The molecule has 0 spiro atoms. The van der Waals surface area contributed by atoms with Crippen LogP contribution in [0.15, 0.2) is 42.1 Å². The molecule has 1 N–H and O–H groups in total. The first kappa shape index (κ1) is 11.6. The second kappa shape index (κ2) is 5.40. The molecule has 0 atom stereocenters. The SMILES string of the molecule is CN/C(C)=C/C=C(\C)c1ccc(C)cc1. The zero-order valence-corrected chi connectivity index (χ0v) is 9.96. The van der Waals surface area contributed by atoms with Gasteiger partial charge in [-0.05, 0) is 38.0 Å². The van der Waals surface area contributed by atoms with E-state index in [1.807, 2.05) is 7.05 Å². The van der Waals surface area contributed by atoms with Crippen molar-refractivity contribution in [3.05, 3.63) is 53.2 Å². The molecule has 0 aliphatic carbocycles. The standard InChI is InChI=1S/C14H19N/c1-11-5-9-14(10-6-11)12(2)7-8-13(3)15-4/h5-10,15H,1-4H3/b12-7+,13-8+. The fourth-order valence-corrected chi connectivity index (χ4v) is 1.25. The van der Waals surface area contributed by atoms with Crippen LogP contribution in [-0.4, -0.2) is 7.05 Å². The molecule has 1 aromatic rings.